The van der Waals surface area contributed by atoms with E-state index in [0.29, 0.717) is 22.5 Å². The highest BCUT2D eigenvalue weighted by Crippen LogP contribution is 2.46. The van der Waals surface area contributed by atoms with Crippen LogP contribution in [0.15, 0.2) is 46.7 Å². The molecule has 2 aliphatic rings. The monoisotopic (exact) mass is 330 g/mol. The van der Waals surface area contributed by atoms with Crippen molar-refractivity contribution in [1.29, 1.82) is 0 Å². The molecule has 0 saturated heterocycles. The number of hydrogen-bond acceptors (Lipinski definition) is 6. The van der Waals surface area contributed by atoms with Gasteiger partial charge in [-0.3, -0.25) is 0 Å². The summed E-state index contributed by atoms with van der Waals surface area (Å²) < 4.78 is 15.6. The Labute approximate surface area is 139 Å². The minimum atomic E-state index is -0.765. The van der Waals surface area contributed by atoms with Gasteiger partial charge in [0.05, 0.1) is 30.8 Å². The molecular weight excluding hydrogens is 312 g/mol. The highest BCUT2D eigenvalue weighted by atomic mass is 16.5. The fourth-order valence-electron chi connectivity index (χ4n) is 3.19. The van der Waals surface area contributed by atoms with Crippen LogP contribution >= 0.6 is 0 Å². The number of rotatable bonds is 4. The fraction of sp³-hybridized carbons (Fsp3) is 0.333. The largest absolute Gasteiger partial charge is 0.511 e. The van der Waals surface area contributed by atoms with Crippen molar-refractivity contribution >= 4 is 11.9 Å². The molecule has 0 bridgehead atoms. The first-order valence-electron chi connectivity index (χ1n) is 7.69. The van der Waals surface area contributed by atoms with E-state index < -0.39 is 17.9 Å². The van der Waals surface area contributed by atoms with Crippen LogP contribution in [-0.2, 0) is 19.1 Å². The van der Waals surface area contributed by atoms with Crippen molar-refractivity contribution in [2.24, 2.45) is 0 Å². The number of cyclic esters (lactones) is 1. The van der Waals surface area contributed by atoms with Crippen molar-refractivity contribution in [3.63, 3.8) is 0 Å². The summed E-state index contributed by atoms with van der Waals surface area (Å²) in [5.41, 5.74) is 1.75. The Morgan fingerprint density at radius 3 is 2.83 bits per heavy atom. The number of methoxy groups -OCH3 is 1. The van der Waals surface area contributed by atoms with Crippen molar-refractivity contribution in [3.8, 4) is 5.75 Å². The molecule has 1 atom stereocenters. The lowest BCUT2D eigenvalue weighted by molar-refractivity contribution is -0.139. The highest BCUT2D eigenvalue weighted by molar-refractivity contribution is 6.01. The summed E-state index contributed by atoms with van der Waals surface area (Å²) in [6.07, 6.45) is 0.112. The van der Waals surface area contributed by atoms with Crippen LogP contribution in [0.3, 0.4) is 0 Å². The number of ether oxygens (including phenoxy) is 3. The van der Waals surface area contributed by atoms with Crippen molar-refractivity contribution in [1.82, 2.24) is 0 Å². The number of para-hydroxylation sites is 1. The van der Waals surface area contributed by atoms with Crippen LogP contribution in [0, 0.1) is 0 Å². The van der Waals surface area contributed by atoms with Gasteiger partial charge >= 0.3 is 11.9 Å². The van der Waals surface area contributed by atoms with Gasteiger partial charge in [-0.15, -0.1) is 0 Å². The van der Waals surface area contributed by atoms with Crippen molar-refractivity contribution in [3.05, 3.63) is 52.3 Å². The molecule has 24 heavy (non-hydrogen) atoms. The Kier molecular flexibility index (Phi) is 4.29. The zero-order chi connectivity index (χ0) is 17.3. The predicted octanol–water partition coefficient (Wildman–Crippen LogP) is 2.41. The molecule has 0 spiro atoms. The first-order chi connectivity index (χ1) is 11.6. The molecule has 1 N–H and O–H groups in total. The van der Waals surface area contributed by atoms with Crippen LogP contribution in [-0.4, -0.2) is 37.4 Å². The quantitative estimate of drug-likeness (QED) is 0.854. The molecule has 0 amide bonds. The van der Waals surface area contributed by atoms with E-state index >= 15 is 0 Å². The van der Waals surface area contributed by atoms with Gasteiger partial charge in [-0.05, 0) is 18.6 Å². The topological polar surface area (TPSA) is 82.1 Å². The van der Waals surface area contributed by atoms with Gasteiger partial charge in [-0.2, -0.15) is 0 Å². The van der Waals surface area contributed by atoms with E-state index in [-0.39, 0.29) is 31.0 Å². The molecule has 1 unspecified atom stereocenters. The van der Waals surface area contributed by atoms with E-state index in [2.05, 4.69) is 0 Å². The number of esters is 2. The lowest BCUT2D eigenvalue weighted by Gasteiger charge is -2.26. The highest BCUT2D eigenvalue weighted by Gasteiger charge is 2.43. The molecule has 1 aliphatic heterocycles. The number of aliphatic hydroxyl groups is 1. The second-order valence-corrected chi connectivity index (χ2v) is 5.53. The average molecular weight is 330 g/mol. The Bertz CT molecular complexity index is 759. The van der Waals surface area contributed by atoms with Crippen LogP contribution in [0.1, 0.15) is 24.8 Å². The van der Waals surface area contributed by atoms with Crippen LogP contribution in [0.25, 0.3) is 0 Å². The number of carbonyl (C=O) groups is 2. The van der Waals surface area contributed by atoms with Crippen molar-refractivity contribution in [2.45, 2.75) is 19.3 Å². The summed E-state index contributed by atoms with van der Waals surface area (Å²) in [6.45, 7) is 1.98. The Hall–Kier alpha value is -2.76. The minimum Gasteiger partial charge on any atom is -0.511 e. The van der Waals surface area contributed by atoms with Gasteiger partial charge in [0.15, 0.2) is 0 Å². The van der Waals surface area contributed by atoms with E-state index in [1.54, 1.807) is 31.2 Å². The van der Waals surface area contributed by atoms with Crippen LogP contribution in [0.4, 0.5) is 0 Å². The van der Waals surface area contributed by atoms with E-state index in [1.807, 2.05) is 0 Å². The summed E-state index contributed by atoms with van der Waals surface area (Å²) in [7, 11) is 1.51. The molecule has 3 rings (SSSR count). The first-order valence-corrected chi connectivity index (χ1v) is 7.69. The van der Waals surface area contributed by atoms with Gasteiger partial charge in [-0.25, -0.2) is 9.59 Å². The third kappa shape index (κ3) is 2.54. The summed E-state index contributed by atoms with van der Waals surface area (Å²) in [6, 6.07) is 7.08. The molecule has 0 saturated carbocycles. The second kappa shape index (κ2) is 6.39. The number of carbonyl (C=O) groups excluding carboxylic acids is 2. The standard InChI is InChI=1S/C18H18O6/c1-3-23-18(21)16-12(19)8-10-9-24-17(20)14(10)15(16)11-6-4-5-7-13(11)22-2/h4-7,15,19H,3,8-9H2,1-2H3. The average Bonchev–Trinajstić information content (AvgIpc) is 2.94. The zero-order valence-corrected chi connectivity index (χ0v) is 13.5. The number of benzene rings is 1. The predicted molar refractivity (Wildman–Crippen MR) is 84.6 cm³/mol. The zero-order valence-electron chi connectivity index (χ0n) is 13.5. The molecular formula is C18H18O6. The summed E-state index contributed by atoms with van der Waals surface area (Å²) >= 11 is 0. The lowest BCUT2D eigenvalue weighted by Crippen LogP contribution is -2.24. The molecule has 1 aromatic carbocycles. The maximum atomic E-state index is 12.4. The Balaban J connectivity index is 2.19. The SMILES string of the molecule is CCOC(=O)C1=C(O)CC2=C(C(=O)OC2)C1c1ccccc1OC. The van der Waals surface area contributed by atoms with Gasteiger partial charge < -0.3 is 19.3 Å². The second-order valence-electron chi connectivity index (χ2n) is 5.53. The van der Waals surface area contributed by atoms with Crippen LogP contribution < -0.4 is 4.74 Å². The van der Waals surface area contributed by atoms with Gasteiger partial charge in [0.1, 0.15) is 18.1 Å². The fourth-order valence-corrected chi connectivity index (χ4v) is 3.19. The number of aliphatic hydroxyl groups excluding tert-OH is 1. The van der Waals surface area contributed by atoms with E-state index in [4.69, 9.17) is 14.2 Å². The molecule has 6 nitrogen and oxygen atoms in total. The molecule has 6 heteroatoms. The smallest absolute Gasteiger partial charge is 0.338 e. The molecule has 1 heterocycles. The molecule has 1 aliphatic carbocycles. The van der Waals surface area contributed by atoms with E-state index in [1.165, 1.54) is 7.11 Å². The normalized spacial score (nSPS) is 19.9. The summed E-state index contributed by atoms with van der Waals surface area (Å²) in [4.78, 5) is 24.7. The van der Waals surface area contributed by atoms with Gasteiger partial charge in [0.2, 0.25) is 0 Å². The van der Waals surface area contributed by atoms with E-state index in [9.17, 15) is 14.7 Å². The lowest BCUT2D eigenvalue weighted by atomic mass is 9.77. The summed E-state index contributed by atoms with van der Waals surface area (Å²) in [5.74, 6) is -1.46. The number of allylic oxidation sites excluding steroid dienone is 1. The van der Waals surface area contributed by atoms with Crippen molar-refractivity contribution < 1.29 is 28.9 Å². The van der Waals surface area contributed by atoms with E-state index in [0.717, 1.165) is 0 Å². The molecule has 0 fully saturated rings. The third-order valence-electron chi connectivity index (χ3n) is 4.19. The molecule has 1 aromatic rings. The molecule has 0 radical (unpaired) electrons. The van der Waals surface area contributed by atoms with Gasteiger partial charge in [0, 0.05) is 12.0 Å². The van der Waals surface area contributed by atoms with Crippen LogP contribution in [0.2, 0.25) is 0 Å². The molecule has 126 valence electrons. The number of hydrogen-bond donors (Lipinski definition) is 1. The minimum absolute atomic E-state index is 0.0685. The van der Waals surface area contributed by atoms with Crippen molar-refractivity contribution in [2.75, 3.05) is 20.3 Å². The third-order valence-corrected chi connectivity index (χ3v) is 4.19. The maximum absolute atomic E-state index is 12.4. The summed E-state index contributed by atoms with van der Waals surface area (Å²) in [5, 5.41) is 10.4. The van der Waals surface area contributed by atoms with Gasteiger partial charge in [-0.1, -0.05) is 18.2 Å². The van der Waals surface area contributed by atoms with Crippen LogP contribution in [0.5, 0.6) is 5.75 Å². The Morgan fingerprint density at radius 1 is 1.38 bits per heavy atom. The maximum Gasteiger partial charge on any atom is 0.338 e. The molecule has 0 aromatic heterocycles. The Morgan fingerprint density at radius 2 is 2.12 bits per heavy atom. The first kappa shape index (κ1) is 16.1. The van der Waals surface area contributed by atoms with Gasteiger partial charge in [0.25, 0.3) is 0 Å².